The number of hydrogen-bond acceptors (Lipinski definition) is 3. The summed E-state index contributed by atoms with van der Waals surface area (Å²) in [4.78, 5) is 16.4. The van der Waals surface area contributed by atoms with Gasteiger partial charge in [0.2, 0.25) is 0 Å². The molecule has 0 aromatic heterocycles. The molecule has 2 aromatic carbocycles. The molecule has 0 spiro atoms. The summed E-state index contributed by atoms with van der Waals surface area (Å²) in [6.07, 6.45) is -4.40. The van der Waals surface area contributed by atoms with Gasteiger partial charge in [0.15, 0.2) is 0 Å². The van der Waals surface area contributed by atoms with E-state index in [9.17, 15) is 18.0 Å². The summed E-state index contributed by atoms with van der Waals surface area (Å²) in [5.74, 6) is -0.248. The normalized spacial score (nSPS) is 15.4. The predicted molar refractivity (Wildman–Crippen MR) is 93.8 cm³/mol. The van der Waals surface area contributed by atoms with Gasteiger partial charge in [-0.3, -0.25) is 9.69 Å². The van der Waals surface area contributed by atoms with Crippen LogP contribution < -0.4 is 0 Å². The first-order chi connectivity index (χ1) is 12.9. The highest BCUT2D eigenvalue weighted by atomic mass is 19.4. The van der Waals surface area contributed by atoms with E-state index in [-0.39, 0.29) is 11.5 Å². The largest absolute Gasteiger partial charge is 0.416 e. The zero-order chi connectivity index (χ0) is 19.4. The molecule has 0 unspecified atom stereocenters. The highest BCUT2D eigenvalue weighted by Crippen LogP contribution is 2.29. The molecule has 4 nitrogen and oxygen atoms in total. The third kappa shape index (κ3) is 4.66. The monoisotopic (exact) mass is 373 g/mol. The molecule has 1 fully saturated rings. The van der Waals surface area contributed by atoms with Gasteiger partial charge in [-0.05, 0) is 42.0 Å². The Morgan fingerprint density at radius 2 is 1.56 bits per heavy atom. The third-order valence-corrected chi connectivity index (χ3v) is 4.61. The number of hydrogen-bond donors (Lipinski definition) is 0. The number of nitrogens with zero attached hydrogens (tertiary/aromatic N) is 3. The molecule has 1 amide bonds. The van der Waals surface area contributed by atoms with E-state index in [1.165, 1.54) is 12.1 Å². The smallest absolute Gasteiger partial charge is 0.336 e. The van der Waals surface area contributed by atoms with Crippen LogP contribution in [0.4, 0.5) is 13.2 Å². The minimum Gasteiger partial charge on any atom is -0.336 e. The Morgan fingerprint density at radius 3 is 2.07 bits per heavy atom. The summed E-state index contributed by atoms with van der Waals surface area (Å²) in [6.45, 7) is 3.15. The standard InChI is InChI=1S/C20H18F3N3O/c21-20(22,23)18-7-5-17(6-8-18)19(27)26-11-9-25(10-12-26)14-16-3-1-15(13-24)2-4-16/h1-8H,9-12,14H2. The van der Waals surface area contributed by atoms with Crippen molar-refractivity contribution in [1.82, 2.24) is 9.80 Å². The second-order valence-corrected chi connectivity index (χ2v) is 6.45. The molecule has 7 heteroatoms. The topological polar surface area (TPSA) is 47.3 Å². The Kier molecular flexibility index (Phi) is 5.47. The van der Waals surface area contributed by atoms with Crippen LogP contribution in [0, 0.1) is 11.3 Å². The van der Waals surface area contributed by atoms with E-state index in [0.29, 0.717) is 31.7 Å². The number of nitriles is 1. The van der Waals surface area contributed by atoms with Gasteiger partial charge in [0.05, 0.1) is 17.2 Å². The van der Waals surface area contributed by atoms with Crippen molar-refractivity contribution >= 4 is 5.91 Å². The van der Waals surface area contributed by atoms with Gasteiger partial charge in [-0.1, -0.05) is 12.1 Å². The first kappa shape index (κ1) is 18.9. The molecule has 0 saturated carbocycles. The minimum absolute atomic E-state index is 0.248. The van der Waals surface area contributed by atoms with Crippen LogP contribution in [0.15, 0.2) is 48.5 Å². The summed E-state index contributed by atoms with van der Waals surface area (Å²) < 4.78 is 37.9. The molecule has 1 saturated heterocycles. The quantitative estimate of drug-likeness (QED) is 0.827. The third-order valence-electron chi connectivity index (χ3n) is 4.61. The summed E-state index contributed by atoms with van der Waals surface area (Å²) in [7, 11) is 0. The fourth-order valence-corrected chi connectivity index (χ4v) is 3.04. The molecule has 27 heavy (non-hydrogen) atoms. The number of benzene rings is 2. The van der Waals surface area contributed by atoms with E-state index in [4.69, 9.17) is 5.26 Å². The molecule has 1 aliphatic rings. The van der Waals surface area contributed by atoms with E-state index in [2.05, 4.69) is 11.0 Å². The molecular formula is C20H18F3N3O. The van der Waals surface area contributed by atoms with Crippen LogP contribution in [0.3, 0.4) is 0 Å². The molecule has 0 atom stereocenters. The van der Waals surface area contributed by atoms with Crippen molar-refractivity contribution in [2.75, 3.05) is 26.2 Å². The fourth-order valence-electron chi connectivity index (χ4n) is 3.04. The van der Waals surface area contributed by atoms with Crippen LogP contribution in [-0.4, -0.2) is 41.9 Å². The first-order valence-electron chi connectivity index (χ1n) is 8.55. The zero-order valence-corrected chi connectivity index (χ0v) is 14.5. The number of carbonyl (C=O) groups excluding carboxylic acids is 1. The molecule has 0 bridgehead atoms. The average Bonchev–Trinajstić information content (AvgIpc) is 2.68. The van der Waals surface area contributed by atoms with E-state index in [0.717, 1.165) is 24.2 Å². The SMILES string of the molecule is N#Cc1ccc(CN2CCN(C(=O)c3ccc(C(F)(F)F)cc3)CC2)cc1. The van der Waals surface area contributed by atoms with Gasteiger partial charge >= 0.3 is 6.18 Å². The summed E-state index contributed by atoms with van der Waals surface area (Å²) >= 11 is 0. The van der Waals surface area contributed by atoms with Crippen molar-refractivity contribution in [1.29, 1.82) is 5.26 Å². The second kappa shape index (κ2) is 7.80. The van der Waals surface area contributed by atoms with Crippen LogP contribution in [0.5, 0.6) is 0 Å². The van der Waals surface area contributed by atoms with E-state index < -0.39 is 11.7 Å². The number of carbonyl (C=O) groups is 1. The number of amides is 1. The van der Waals surface area contributed by atoms with Gasteiger partial charge in [-0.2, -0.15) is 18.4 Å². The van der Waals surface area contributed by atoms with E-state index in [1.54, 1.807) is 17.0 Å². The molecule has 3 rings (SSSR count). The fraction of sp³-hybridized carbons (Fsp3) is 0.300. The van der Waals surface area contributed by atoms with Crippen molar-refractivity contribution in [2.24, 2.45) is 0 Å². The van der Waals surface area contributed by atoms with Crippen LogP contribution in [0.2, 0.25) is 0 Å². The number of halogens is 3. The van der Waals surface area contributed by atoms with E-state index >= 15 is 0 Å². The van der Waals surface area contributed by atoms with Crippen LogP contribution >= 0.6 is 0 Å². The number of alkyl halides is 3. The van der Waals surface area contributed by atoms with Gasteiger partial charge in [0.1, 0.15) is 0 Å². The Balaban J connectivity index is 1.55. The molecule has 0 aliphatic carbocycles. The van der Waals surface area contributed by atoms with Crippen molar-refractivity contribution < 1.29 is 18.0 Å². The highest BCUT2D eigenvalue weighted by Gasteiger charge is 2.30. The van der Waals surface area contributed by atoms with Crippen molar-refractivity contribution in [2.45, 2.75) is 12.7 Å². The molecule has 1 heterocycles. The Labute approximate surface area is 155 Å². The lowest BCUT2D eigenvalue weighted by atomic mass is 10.1. The highest BCUT2D eigenvalue weighted by molar-refractivity contribution is 5.94. The van der Waals surface area contributed by atoms with E-state index in [1.807, 2.05) is 12.1 Å². The van der Waals surface area contributed by atoms with Gasteiger partial charge < -0.3 is 4.90 Å². The van der Waals surface area contributed by atoms with Gasteiger partial charge in [0, 0.05) is 38.3 Å². The lowest BCUT2D eigenvalue weighted by Crippen LogP contribution is -2.48. The van der Waals surface area contributed by atoms with Gasteiger partial charge in [-0.15, -0.1) is 0 Å². The maximum absolute atomic E-state index is 12.6. The summed E-state index contributed by atoms with van der Waals surface area (Å²) in [6, 6.07) is 13.8. The van der Waals surface area contributed by atoms with Crippen LogP contribution in [0.25, 0.3) is 0 Å². The average molecular weight is 373 g/mol. The molecule has 0 radical (unpaired) electrons. The molecule has 1 aliphatic heterocycles. The van der Waals surface area contributed by atoms with Crippen molar-refractivity contribution in [3.05, 3.63) is 70.8 Å². The molecule has 0 N–H and O–H groups in total. The van der Waals surface area contributed by atoms with Crippen LogP contribution in [-0.2, 0) is 12.7 Å². The first-order valence-corrected chi connectivity index (χ1v) is 8.55. The van der Waals surface area contributed by atoms with Crippen LogP contribution in [0.1, 0.15) is 27.0 Å². The Hall–Kier alpha value is -2.85. The van der Waals surface area contributed by atoms with Gasteiger partial charge in [-0.25, -0.2) is 0 Å². The lowest BCUT2D eigenvalue weighted by molar-refractivity contribution is -0.137. The Morgan fingerprint density at radius 1 is 0.963 bits per heavy atom. The van der Waals surface area contributed by atoms with Crippen molar-refractivity contribution in [3.8, 4) is 6.07 Å². The van der Waals surface area contributed by atoms with Crippen molar-refractivity contribution in [3.63, 3.8) is 0 Å². The maximum atomic E-state index is 12.6. The molecule has 140 valence electrons. The predicted octanol–water partition coefficient (Wildman–Crippen LogP) is 3.54. The molecular weight excluding hydrogens is 355 g/mol. The number of piperazine rings is 1. The maximum Gasteiger partial charge on any atom is 0.416 e. The second-order valence-electron chi connectivity index (χ2n) is 6.45. The summed E-state index contributed by atoms with van der Waals surface area (Å²) in [5, 5.41) is 8.83. The van der Waals surface area contributed by atoms with Gasteiger partial charge in [0.25, 0.3) is 5.91 Å². The minimum atomic E-state index is -4.40. The molecule has 2 aromatic rings. The number of rotatable bonds is 3. The lowest BCUT2D eigenvalue weighted by Gasteiger charge is -2.34. The Bertz CT molecular complexity index is 831. The summed E-state index contributed by atoms with van der Waals surface area (Å²) in [5.41, 5.74) is 1.22. The zero-order valence-electron chi connectivity index (χ0n) is 14.5.